The highest BCUT2D eigenvalue weighted by molar-refractivity contribution is 9.10. The lowest BCUT2D eigenvalue weighted by atomic mass is 10.2. The average Bonchev–Trinajstić information content (AvgIpc) is 2.39. The molecule has 6 heteroatoms. The van der Waals surface area contributed by atoms with Gasteiger partial charge in [-0.2, -0.15) is 0 Å². The van der Waals surface area contributed by atoms with Crippen molar-refractivity contribution in [2.24, 2.45) is 0 Å². The highest BCUT2D eigenvalue weighted by atomic mass is 79.9. The molecule has 0 aliphatic heterocycles. The molecule has 0 saturated heterocycles. The van der Waals surface area contributed by atoms with Crippen molar-refractivity contribution in [2.75, 3.05) is 5.32 Å². The van der Waals surface area contributed by atoms with Crippen LogP contribution in [0, 0.1) is 5.82 Å². The maximum Gasteiger partial charge on any atom is 0.338 e. The van der Waals surface area contributed by atoms with Gasteiger partial charge in [0, 0.05) is 16.4 Å². The summed E-state index contributed by atoms with van der Waals surface area (Å²) in [6.45, 7) is 0.429. The van der Waals surface area contributed by atoms with Crippen LogP contribution < -0.4 is 5.32 Å². The van der Waals surface area contributed by atoms with Crippen molar-refractivity contribution in [2.45, 2.75) is 6.54 Å². The van der Waals surface area contributed by atoms with Crippen molar-refractivity contribution >= 4 is 27.6 Å². The highest BCUT2D eigenvalue weighted by Gasteiger charge is 2.10. The summed E-state index contributed by atoms with van der Waals surface area (Å²) >= 11 is 3.29. The molecule has 0 radical (unpaired) electrons. The van der Waals surface area contributed by atoms with Gasteiger partial charge in [0.15, 0.2) is 0 Å². The molecule has 0 aliphatic rings. The van der Waals surface area contributed by atoms with E-state index in [9.17, 15) is 9.18 Å². The molecule has 0 fully saturated rings. The van der Waals surface area contributed by atoms with Gasteiger partial charge in [0.2, 0.25) is 0 Å². The zero-order chi connectivity index (χ0) is 13.8. The summed E-state index contributed by atoms with van der Waals surface area (Å²) in [4.78, 5) is 15.0. The van der Waals surface area contributed by atoms with E-state index in [0.29, 0.717) is 12.2 Å². The second-order valence-corrected chi connectivity index (χ2v) is 4.74. The van der Waals surface area contributed by atoms with Gasteiger partial charge in [0.05, 0.1) is 17.8 Å². The third kappa shape index (κ3) is 3.51. The lowest BCUT2D eigenvalue weighted by Crippen LogP contribution is -2.05. The summed E-state index contributed by atoms with van der Waals surface area (Å²) < 4.78 is 14.1. The van der Waals surface area contributed by atoms with Crippen molar-refractivity contribution in [1.29, 1.82) is 0 Å². The van der Waals surface area contributed by atoms with E-state index in [1.165, 1.54) is 12.1 Å². The van der Waals surface area contributed by atoms with Crippen LogP contribution >= 0.6 is 15.9 Å². The van der Waals surface area contributed by atoms with Gasteiger partial charge in [0.25, 0.3) is 0 Å². The fraction of sp³-hybridized carbons (Fsp3) is 0.0769. The number of anilines is 1. The molecule has 0 aliphatic carbocycles. The molecule has 0 unspecified atom stereocenters. The normalized spacial score (nSPS) is 10.2. The molecule has 2 aromatic rings. The summed E-state index contributed by atoms with van der Waals surface area (Å²) in [6, 6.07) is 7.56. The Morgan fingerprint density at radius 2 is 2.16 bits per heavy atom. The first-order valence-electron chi connectivity index (χ1n) is 5.43. The lowest BCUT2D eigenvalue weighted by Gasteiger charge is -2.07. The van der Waals surface area contributed by atoms with Gasteiger partial charge in [-0.3, -0.25) is 4.98 Å². The Balaban J connectivity index is 2.09. The summed E-state index contributed by atoms with van der Waals surface area (Å²) in [7, 11) is 0. The Kier molecular flexibility index (Phi) is 4.11. The van der Waals surface area contributed by atoms with Crippen LogP contribution in [0.3, 0.4) is 0 Å². The van der Waals surface area contributed by atoms with Crippen LogP contribution in [0.4, 0.5) is 10.1 Å². The van der Waals surface area contributed by atoms with Gasteiger partial charge in [0.1, 0.15) is 5.82 Å². The average molecular weight is 325 g/mol. The summed E-state index contributed by atoms with van der Waals surface area (Å²) in [5.74, 6) is -2.04. The minimum absolute atomic E-state index is 0.353. The van der Waals surface area contributed by atoms with E-state index in [1.807, 2.05) is 12.1 Å². The predicted octanol–water partition coefficient (Wildman–Crippen LogP) is 3.29. The van der Waals surface area contributed by atoms with Gasteiger partial charge < -0.3 is 10.4 Å². The largest absolute Gasteiger partial charge is 0.478 e. The third-order valence-electron chi connectivity index (χ3n) is 2.46. The number of carboxylic acids is 1. The topological polar surface area (TPSA) is 62.2 Å². The number of hydrogen-bond acceptors (Lipinski definition) is 3. The van der Waals surface area contributed by atoms with Crippen molar-refractivity contribution in [1.82, 2.24) is 4.98 Å². The molecule has 1 aromatic carbocycles. The quantitative estimate of drug-likeness (QED) is 0.905. The van der Waals surface area contributed by atoms with Crippen LogP contribution in [0.5, 0.6) is 0 Å². The Morgan fingerprint density at radius 1 is 1.37 bits per heavy atom. The standard InChI is InChI=1S/C13H10BrFN2O2/c14-8-1-2-10(16-6-8)7-17-9-3-4-12(15)11(5-9)13(18)19/h1-6,17H,7H2,(H,18,19). The Bertz CT molecular complexity index is 602. The minimum Gasteiger partial charge on any atom is -0.478 e. The number of carboxylic acid groups (broad SMARTS) is 1. The number of aromatic nitrogens is 1. The molecule has 1 aromatic heterocycles. The monoisotopic (exact) mass is 324 g/mol. The molecular weight excluding hydrogens is 315 g/mol. The van der Waals surface area contributed by atoms with E-state index in [0.717, 1.165) is 16.2 Å². The third-order valence-corrected chi connectivity index (χ3v) is 2.93. The van der Waals surface area contributed by atoms with Crippen LogP contribution in [0.2, 0.25) is 0 Å². The number of pyridine rings is 1. The van der Waals surface area contributed by atoms with Gasteiger partial charge >= 0.3 is 5.97 Å². The molecule has 4 nitrogen and oxygen atoms in total. The predicted molar refractivity (Wildman–Crippen MR) is 72.6 cm³/mol. The van der Waals surface area contributed by atoms with Gasteiger partial charge in [-0.05, 0) is 46.3 Å². The molecule has 98 valence electrons. The van der Waals surface area contributed by atoms with Gasteiger partial charge in [-0.25, -0.2) is 9.18 Å². The molecule has 1 heterocycles. The number of aromatic carboxylic acids is 1. The molecule has 2 N–H and O–H groups in total. The second kappa shape index (κ2) is 5.79. The molecule has 0 bridgehead atoms. The SMILES string of the molecule is O=C(O)c1cc(NCc2ccc(Br)cn2)ccc1F. The Labute approximate surface area is 117 Å². The number of halogens is 2. The van der Waals surface area contributed by atoms with Crippen LogP contribution in [-0.2, 0) is 6.54 Å². The van der Waals surface area contributed by atoms with Crippen LogP contribution in [0.15, 0.2) is 41.0 Å². The lowest BCUT2D eigenvalue weighted by molar-refractivity contribution is 0.0692. The maximum absolute atomic E-state index is 13.2. The van der Waals surface area contributed by atoms with E-state index in [-0.39, 0.29) is 5.56 Å². The van der Waals surface area contributed by atoms with Crippen molar-refractivity contribution < 1.29 is 14.3 Å². The molecular formula is C13H10BrFN2O2. The first kappa shape index (κ1) is 13.5. The molecule has 0 saturated carbocycles. The maximum atomic E-state index is 13.2. The number of hydrogen-bond donors (Lipinski definition) is 2. The number of nitrogens with zero attached hydrogens (tertiary/aromatic N) is 1. The first-order chi connectivity index (χ1) is 9.06. The van der Waals surface area contributed by atoms with Crippen LogP contribution in [0.1, 0.15) is 16.1 Å². The van der Waals surface area contributed by atoms with E-state index in [4.69, 9.17) is 5.11 Å². The molecule has 0 amide bonds. The van der Waals surface area contributed by atoms with Gasteiger partial charge in [-0.15, -0.1) is 0 Å². The summed E-state index contributed by atoms with van der Waals surface area (Å²) in [5.41, 5.74) is 0.974. The van der Waals surface area contributed by atoms with E-state index in [1.54, 1.807) is 6.20 Å². The van der Waals surface area contributed by atoms with E-state index < -0.39 is 11.8 Å². The summed E-state index contributed by atoms with van der Waals surface area (Å²) in [5, 5.41) is 11.8. The van der Waals surface area contributed by atoms with E-state index >= 15 is 0 Å². The molecule has 19 heavy (non-hydrogen) atoms. The number of benzene rings is 1. The summed E-state index contributed by atoms with van der Waals surface area (Å²) in [6.07, 6.45) is 1.67. The van der Waals surface area contributed by atoms with Crippen LogP contribution in [-0.4, -0.2) is 16.1 Å². The first-order valence-corrected chi connectivity index (χ1v) is 6.22. The van der Waals surface area contributed by atoms with E-state index in [2.05, 4.69) is 26.2 Å². The highest BCUT2D eigenvalue weighted by Crippen LogP contribution is 2.16. The molecule has 2 rings (SSSR count). The zero-order valence-electron chi connectivity index (χ0n) is 9.73. The Hall–Kier alpha value is -1.95. The fourth-order valence-electron chi connectivity index (χ4n) is 1.50. The number of nitrogens with one attached hydrogen (secondary N) is 1. The number of carbonyl (C=O) groups is 1. The molecule has 0 spiro atoms. The van der Waals surface area contributed by atoms with Gasteiger partial charge in [-0.1, -0.05) is 0 Å². The van der Waals surface area contributed by atoms with Crippen molar-refractivity contribution in [3.8, 4) is 0 Å². The minimum atomic E-state index is -1.29. The Morgan fingerprint density at radius 3 is 2.79 bits per heavy atom. The van der Waals surface area contributed by atoms with Crippen molar-refractivity contribution in [3.05, 3.63) is 58.1 Å². The smallest absolute Gasteiger partial charge is 0.338 e. The molecule has 0 atom stereocenters. The number of rotatable bonds is 4. The second-order valence-electron chi connectivity index (χ2n) is 3.82. The van der Waals surface area contributed by atoms with Crippen LogP contribution in [0.25, 0.3) is 0 Å². The van der Waals surface area contributed by atoms with Crippen molar-refractivity contribution in [3.63, 3.8) is 0 Å². The fourth-order valence-corrected chi connectivity index (χ4v) is 1.74. The zero-order valence-corrected chi connectivity index (χ0v) is 11.3.